The largest absolute Gasteiger partial charge is 0.484 e. The Morgan fingerprint density at radius 3 is 2.41 bits per heavy atom. The number of halogens is 3. The first kappa shape index (κ1) is 23.8. The summed E-state index contributed by atoms with van der Waals surface area (Å²) >= 11 is 14.5. The first-order valence-corrected chi connectivity index (χ1v) is 11.1. The Morgan fingerprint density at radius 2 is 1.83 bits per heavy atom. The highest BCUT2D eigenvalue weighted by atomic mass is 127. The van der Waals surface area contributed by atoms with Crippen LogP contribution in [0.3, 0.4) is 0 Å². The number of carbonyl (C=O) groups excluding carboxylic acids is 2. The summed E-state index contributed by atoms with van der Waals surface area (Å²) in [6.07, 6.45) is 0.465. The summed E-state index contributed by atoms with van der Waals surface area (Å²) in [5, 5.41) is 3.75. The minimum absolute atomic E-state index is 0.179. The molecule has 0 saturated heterocycles. The van der Waals surface area contributed by atoms with Crippen LogP contribution in [-0.4, -0.2) is 35.9 Å². The van der Waals surface area contributed by atoms with Crippen LogP contribution in [0, 0.1) is 3.57 Å². The van der Waals surface area contributed by atoms with Gasteiger partial charge in [-0.25, -0.2) is 0 Å². The second kappa shape index (κ2) is 11.6. The normalized spacial score (nSPS) is 11.6. The van der Waals surface area contributed by atoms with Crippen LogP contribution in [0.15, 0.2) is 42.5 Å². The fourth-order valence-electron chi connectivity index (χ4n) is 2.80. The van der Waals surface area contributed by atoms with Crippen LogP contribution in [0.1, 0.15) is 25.8 Å². The number of nitrogens with zero attached hydrogens (tertiary/aromatic N) is 1. The van der Waals surface area contributed by atoms with Gasteiger partial charge in [0.15, 0.2) is 6.61 Å². The number of carbonyl (C=O) groups is 2. The van der Waals surface area contributed by atoms with Crippen molar-refractivity contribution in [1.29, 1.82) is 0 Å². The van der Waals surface area contributed by atoms with Gasteiger partial charge in [-0.15, -0.1) is 0 Å². The lowest BCUT2D eigenvalue weighted by Crippen LogP contribution is -2.50. The van der Waals surface area contributed by atoms with E-state index >= 15 is 0 Å². The van der Waals surface area contributed by atoms with Crippen molar-refractivity contribution in [3.05, 3.63) is 61.6 Å². The van der Waals surface area contributed by atoms with Crippen LogP contribution in [0.4, 0.5) is 0 Å². The summed E-state index contributed by atoms with van der Waals surface area (Å²) in [7, 11) is 0. The van der Waals surface area contributed by atoms with Gasteiger partial charge in [-0.05, 0) is 77.9 Å². The molecule has 2 amide bonds. The predicted octanol–water partition coefficient (Wildman–Crippen LogP) is 4.92. The molecule has 0 aliphatic carbocycles. The number of benzene rings is 2. The highest BCUT2D eigenvalue weighted by Gasteiger charge is 2.29. The molecule has 156 valence electrons. The van der Waals surface area contributed by atoms with Crippen LogP contribution < -0.4 is 10.1 Å². The quantitative estimate of drug-likeness (QED) is 0.452. The maximum absolute atomic E-state index is 13.0. The highest BCUT2D eigenvalue weighted by molar-refractivity contribution is 14.1. The third-order valence-corrected chi connectivity index (χ3v) is 5.57. The number of rotatable bonds is 9. The second-order valence-corrected chi connectivity index (χ2v) is 8.41. The molecule has 0 bridgehead atoms. The number of ether oxygens (including phenoxy) is 1. The molecule has 0 aliphatic heterocycles. The van der Waals surface area contributed by atoms with Gasteiger partial charge >= 0.3 is 0 Å². The van der Waals surface area contributed by atoms with Crippen molar-refractivity contribution >= 4 is 57.6 Å². The second-order valence-electron chi connectivity index (χ2n) is 6.32. The standard InChI is InChI=1S/C21H23Cl2IN2O3/c1-3-19(21(28)25-4-2)26(12-14-5-6-15(22)11-18(14)23)20(27)13-29-17-9-7-16(24)8-10-17/h5-11,19H,3-4,12-13H2,1-2H3,(H,25,28)/t19-/m1/s1. The zero-order chi connectivity index (χ0) is 21.4. The molecular formula is C21H23Cl2IN2O3. The average molecular weight is 549 g/mol. The van der Waals surface area contributed by atoms with Gasteiger partial charge in [-0.2, -0.15) is 0 Å². The molecule has 8 heteroatoms. The summed E-state index contributed by atoms with van der Waals surface area (Å²) < 4.78 is 6.72. The van der Waals surface area contributed by atoms with E-state index in [4.69, 9.17) is 27.9 Å². The lowest BCUT2D eigenvalue weighted by molar-refractivity contribution is -0.142. The van der Waals surface area contributed by atoms with Crippen molar-refractivity contribution in [2.24, 2.45) is 0 Å². The van der Waals surface area contributed by atoms with Gasteiger partial charge in [-0.3, -0.25) is 9.59 Å². The molecule has 0 saturated carbocycles. The van der Waals surface area contributed by atoms with E-state index in [1.54, 1.807) is 30.3 Å². The monoisotopic (exact) mass is 548 g/mol. The molecule has 2 aromatic rings. The lowest BCUT2D eigenvalue weighted by Gasteiger charge is -2.30. The smallest absolute Gasteiger partial charge is 0.261 e. The molecule has 0 aromatic heterocycles. The Bertz CT molecular complexity index is 846. The zero-order valence-electron chi connectivity index (χ0n) is 16.3. The fourth-order valence-corrected chi connectivity index (χ4v) is 3.63. The van der Waals surface area contributed by atoms with Gasteiger partial charge in [-0.1, -0.05) is 36.2 Å². The van der Waals surface area contributed by atoms with E-state index < -0.39 is 6.04 Å². The molecule has 1 atom stereocenters. The highest BCUT2D eigenvalue weighted by Crippen LogP contribution is 2.24. The molecule has 0 heterocycles. The van der Waals surface area contributed by atoms with E-state index in [2.05, 4.69) is 27.9 Å². The summed E-state index contributed by atoms with van der Waals surface area (Å²) in [6, 6.07) is 11.9. The van der Waals surface area contributed by atoms with E-state index in [9.17, 15) is 9.59 Å². The van der Waals surface area contributed by atoms with E-state index in [0.717, 1.165) is 3.57 Å². The van der Waals surface area contributed by atoms with Gasteiger partial charge in [0.1, 0.15) is 11.8 Å². The van der Waals surface area contributed by atoms with Crippen LogP contribution in [0.2, 0.25) is 10.0 Å². The number of nitrogens with one attached hydrogen (secondary N) is 1. The van der Waals surface area contributed by atoms with Crippen molar-refractivity contribution in [2.45, 2.75) is 32.9 Å². The fraction of sp³-hybridized carbons (Fsp3) is 0.333. The molecule has 5 nitrogen and oxygen atoms in total. The van der Waals surface area contributed by atoms with E-state index in [1.807, 2.05) is 26.0 Å². The minimum atomic E-state index is -0.630. The van der Waals surface area contributed by atoms with Crippen molar-refractivity contribution in [3.8, 4) is 5.75 Å². The number of likely N-dealkylation sites (N-methyl/N-ethyl adjacent to an activating group) is 1. The molecule has 1 N–H and O–H groups in total. The molecular weight excluding hydrogens is 526 g/mol. The van der Waals surface area contributed by atoms with Crippen LogP contribution in [-0.2, 0) is 16.1 Å². The first-order valence-electron chi connectivity index (χ1n) is 9.25. The Kier molecular flexibility index (Phi) is 9.52. The number of hydrogen-bond acceptors (Lipinski definition) is 3. The molecule has 0 aliphatic rings. The van der Waals surface area contributed by atoms with E-state index in [0.29, 0.717) is 34.3 Å². The van der Waals surface area contributed by atoms with Gasteiger partial charge in [0.05, 0.1) is 0 Å². The molecule has 0 radical (unpaired) electrons. The van der Waals surface area contributed by atoms with Crippen LogP contribution in [0.25, 0.3) is 0 Å². The van der Waals surface area contributed by atoms with Crippen molar-refractivity contribution in [1.82, 2.24) is 10.2 Å². The summed E-state index contributed by atoms with van der Waals surface area (Å²) in [4.78, 5) is 27.1. The molecule has 0 fully saturated rings. The third kappa shape index (κ3) is 7.04. The predicted molar refractivity (Wildman–Crippen MR) is 124 cm³/mol. The Morgan fingerprint density at radius 1 is 1.14 bits per heavy atom. The van der Waals surface area contributed by atoms with Crippen LogP contribution >= 0.6 is 45.8 Å². The van der Waals surface area contributed by atoms with Crippen molar-refractivity contribution in [3.63, 3.8) is 0 Å². The minimum Gasteiger partial charge on any atom is -0.484 e. The molecule has 29 heavy (non-hydrogen) atoms. The number of amides is 2. The van der Waals surface area contributed by atoms with E-state index in [1.165, 1.54) is 4.90 Å². The first-order chi connectivity index (χ1) is 13.8. The summed E-state index contributed by atoms with van der Waals surface area (Å²) in [6.45, 7) is 4.19. The summed E-state index contributed by atoms with van der Waals surface area (Å²) in [5.41, 5.74) is 0.710. The third-order valence-electron chi connectivity index (χ3n) is 4.27. The molecule has 2 rings (SSSR count). The van der Waals surface area contributed by atoms with Crippen molar-refractivity contribution < 1.29 is 14.3 Å². The summed E-state index contributed by atoms with van der Waals surface area (Å²) in [5.74, 6) is 0.0877. The maximum Gasteiger partial charge on any atom is 0.261 e. The van der Waals surface area contributed by atoms with Gasteiger partial charge in [0.25, 0.3) is 5.91 Å². The maximum atomic E-state index is 13.0. The Labute approximate surface area is 194 Å². The lowest BCUT2D eigenvalue weighted by atomic mass is 10.1. The topological polar surface area (TPSA) is 58.6 Å². The molecule has 2 aromatic carbocycles. The molecule has 0 unspecified atom stereocenters. The van der Waals surface area contributed by atoms with Crippen LogP contribution in [0.5, 0.6) is 5.75 Å². The van der Waals surface area contributed by atoms with Crippen molar-refractivity contribution in [2.75, 3.05) is 13.2 Å². The van der Waals surface area contributed by atoms with E-state index in [-0.39, 0.29) is 25.0 Å². The Hall–Kier alpha value is -1.51. The number of hydrogen-bond donors (Lipinski definition) is 1. The average Bonchev–Trinajstić information content (AvgIpc) is 2.69. The van der Waals surface area contributed by atoms with Gasteiger partial charge in [0, 0.05) is 26.7 Å². The zero-order valence-corrected chi connectivity index (χ0v) is 19.9. The molecule has 0 spiro atoms. The van der Waals surface area contributed by atoms with Gasteiger partial charge in [0.2, 0.25) is 5.91 Å². The Balaban J connectivity index is 2.22. The van der Waals surface area contributed by atoms with Gasteiger partial charge < -0.3 is 15.0 Å². The SMILES string of the molecule is CCNC(=O)[C@@H](CC)N(Cc1ccc(Cl)cc1Cl)C(=O)COc1ccc(I)cc1.